The van der Waals surface area contributed by atoms with Crippen LogP contribution < -0.4 is 10.0 Å². The second kappa shape index (κ2) is 5.40. The molecule has 1 aliphatic heterocycles. The minimum absolute atomic E-state index is 0.218. The van der Waals surface area contributed by atoms with Gasteiger partial charge in [0.2, 0.25) is 0 Å². The first-order chi connectivity index (χ1) is 9.95. The van der Waals surface area contributed by atoms with Crippen LogP contribution in [-0.2, 0) is 16.4 Å². The number of hydrogen-bond donors (Lipinski definition) is 2. The van der Waals surface area contributed by atoms with Crippen molar-refractivity contribution in [2.24, 2.45) is 0 Å². The summed E-state index contributed by atoms with van der Waals surface area (Å²) in [5.74, 6) is 0. The lowest BCUT2D eigenvalue weighted by Crippen LogP contribution is -2.13. The molecule has 0 aliphatic carbocycles. The van der Waals surface area contributed by atoms with Crippen molar-refractivity contribution in [3.8, 4) is 0 Å². The Hall–Kier alpha value is -1.43. The molecule has 4 nitrogen and oxygen atoms in total. The average Bonchev–Trinajstić information content (AvgIpc) is 2.89. The molecule has 0 saturated heterocycles. The van der Waals surface area contributed by atoms with Gasteiger partial charge in [0.1, 0.15) is 0 Å². The highest BCUT2D eigenvalue weighted by atomic mass is 35.5. The first kappa shape index (κ1) is 14.5. The summed E-state index contributed by atoms with van der Waals surface area (Å²) in [5, 5.41) is 3.90. The Bertz CT molecular complexity index is 807. The molecule has 0 fully saturated rings. The van der Waals surface area contributed by atoms with E-state index in [2.05, 4.69) is 10.0 Å². The molecule has 2 aromatic rings. The van der Waals surface area contributed by atoms with Crippen LogP contribution in [0.25, 0.3) is 0 Å². The Labute approximate surface area is 133 Å². The molecule has 0 bridgehead atoms. The van der Waals surface area contributed by atoms with Crippen molar-refractivity contribution in [1.82, 2.24) is 0 Å². The van der Waals surface area contributed by atoms with Gasteiger partial charge in [0.05, 0.1) is 15.6 Å². The van der Waals surface area contributed by atoms with Crippen LogP contribution in [0.15, 0.2) is 41.3 Å². The largest absolute Gasteiger partial charge is 0.384 e. The summed E-state index contributed by atoms with van der Waals surface area (Å²) in [6.45, 7) is 0.829. The maximum absolute atomic E-state index is 12.4. The summed E-state index contributed by atoms with van der Waals surface area (Å²) in [5.41, 5.74) is 2.29. The molecular formula is C14H12Cl2N2O2S. The van der Waals surface area contributed by atoms with Crippen LogP contribution in [0, 0.1) is 0 Å². The second-order valence-electron chi connectivity index (χ2n) is 4.73. The van der Waals surface area contributed by atoms with Crippen molar-refractivity contribution in [1.29, 1.82) is 0 Å². The van der Waals surface area contributed by atoms with Crippen LogP contribution in [0.2, 0.25) is 10.0 Å². The predicted molar refractivity (Wildman–Crippen MR) is 85.9 cm³/mol. The fraction of sp³-hybridized carbons (Fsp3) is 0.143. The Balaban J connectivity index is 1.93. The Kier molecular flexibility index (Phi) is 3.73. The van der Waals surface area contributed by atoms with Crippen LogP contribution in [0.5, 0.6) is 0 Å². The molecule has 2 aromatic carbocycles. The minimum atomic E-state index is -3.68. The third-order valence-electron chi connectivity index (χ3n) is 3.27. The summed E-state index contributed by atoms with van der Waals surface area (Å²) in [6.07, 6.45) is 0.820. The molecule has 21 heavy (non-hydrogen) atoms. The summed E-state index contributed by atoms with van der Waals surface area (Å²) < 4.78 is 27.3. The zero-order valence-corrected chi connectivity index (χ0v) is 13.2. The number of rotatable bonds is 3. The van der Waals surface area contributed by atoms with E-state index in [9.17, 15) is 8.42 Å². The number of benzene rings is 2. The van der Waals surface area contributed by atoms with Gasteiger partial charge in [-0.1, -0.05) is 23.2 Å². The lowest BCUT2D eigenvalue weighted by molar-refractivity contribution is 0.601. The number of nitrogens with one attached hydrogen (secondary N) is 2. The van der Waals surface area contributed by atoms with Crippen molar-refractivity contribution in [3.05, 3.63) is 52.0 Å². The molecule has 2 N–H and O–H groups in total. The topological polar surface area (TPSA) is 58.2 Å². The number of halogens is 2. The first-order valence-electron chi connectivity index (χ1n) is 6.30. The quantitative estimate of drug-likeness (QED) is 0.892. The summed E-state index contributed by atoms with van der Waals surface area (Å²) in [4.78, 5) is 0.218. The summed E-state index contributed by atoms with van der Waals surface area (Å²) in [6, 6.07) is 9.65. The molecule has 110 valence electrons. The van der Waals surface area contributed by atoms with Gasteiger partial charge < -0.3 is 5.32 Å². The van der Waals surface area contributed by atoms with E-state index < -0.39 is 10.0 Å². The van der Waals surface area contributed by atoms with Crippen LogP contribution in [0.1, 0.15) is 5.56 Å². The van der Waals surface area contributed by atoms with Gasteiger partial charge in [-0.15, -0.1) is 0 Å². The molecule has 1 aliphatic rings. The SMILES string of the molecule is O=S(=O)(Nc1ccc(Cl)cc1Cl)c1ccc2c(c1)CCN2. The molecule has 1 heterocycles. The number of sulfonamides is 1. The van der Waals surface area contributed by atoms with Gasteiger partial charge in [0.15, 0.2) is 0 Å². The zero-order valence-electron chi connectivity index (χ0n) is 10.9. The van der Waals surface area contributed by atoms with Gasteiger partial charge in [0, 0.05) is 17.3 Å². The summed E-state index contributed by atoms with van der Waals surface area (Å²) >= 11 is 11.8. The van der Waals surface area contributed by atoms with Gasteiger partial charge in [-0.05, 0) is 48.4 Å². The zero-order chi connectivity index (χ0) is 15.0. The normalized spacial score (nSPS) is 13.6. The monoisotopic (exact) mass is 342 g/mol. The van der Waals surface area contributed by atoms with Crippen LogP contribution in [0.4, 0.5) is 11.4 Å². The fourth-order valence-electron chi connectivity index (χ4n) is 2.22. The molecule has 3 rings (SSSR count). The molecule has 0 aromatic heterocycles. The number of hydrogen-bond acceptors (Lipinski definition) is 3. The minimum Gasteiger partial charge on any atom is -0.384 e. The molecule has 0 spiro atoms. The maximum Gasteiger partial charge on any atom is 0.261 e. The van der Waals surface area contributed by atoms with Crippen molar-refractivity contribution in [3.63, 3.8) is 0 Å². The Morgan fingerprint density at radius 3 is 2.67 bits per heavy atom. The first-order valence-corrected chi connectivity index (χ1v) is 8.54. The van der Waals surface area contributed by atoms with Crippen molar-refractivity contribution in [2.45, 2.75) is 11.3 Å². The van der Waals surface area contributed by atoms with E-state index in [0.29, 0.717) is 10.7 Å². The van der Waals surface area contributed by atoms with Crippen LogP contribution in [-0.4, -0.2) is 15.0 Å². The fourth-order valence-corrected chi connectivity index (χ4v) is 3.87. The third kappa shape index (κ3) is 2.95. The van der Waals surface area contributed by atoms with Gasteiger partial charge >= 0.3 is 0 Å². The molecule has 0 saturated carbocycles. The highest BCUT2D eigenvalue weighted by molar-refractivity contribution is 7.92. The average molecular weight is 343 g/mol. The van der Waals surface area contributed by atoms with Crippen molar-refractivity contribution >= 4 is 44.6 Å². The van der Waals surface area contributed by atoms with E-state index >= 15 is 0 Å². The van der Waals surface area contributed by atoms with Crippen LogP contribution >= 0.6 is 23.2 Å². The van der Waals surface area contributed by atoms with E-state index in [-0.39, 0.29) is 9.92 Å². The highest BCUT2D eigenvalue weighted by Crippen LogP contribution is 2.29. The smallest absolute Gasteiger partial charge is 0.261 e. The predicted octanol–water partition coefficient (Wildman–Crippen LogP) is 3.76. The highest BCUT2D eigenvalue weighted by Gasteiger charge is 2.19. The van der Waals surface area contributed by atoms with Gasteiger partial charge in [0.25, 0.3) is 10.0 Å². The standard InChI is InChI=1S/C14H12Cl2N2O2S/c15-10-1-3-14(12(16)8-10)18-21(19,20)11-2-4-13-9(7-11)5-6-17-13/h1-4,7-8,17-18H,5-6H2. The summed E-state index contributed by atoms with van der Waals surface area (Å²) in [7, 11) is -3.68. The van der Waals surface area contributed by atoms with Gasteiger partial charge in [-0.2, -0.15) is 0 Å². The van der Waals surface area contributed by atoms with Gasteiger partial charge in [-0.3, -0.25) is 4.72 Å². The van der Waals surface area contributed by atoms with Crippen molar-refractivity contribution < 1.29 is 8.42 Å². The van der Waals surface area contributed by atoms with E-state index in [4.69, 9.17) is 23.2 Å². The van der Waals surface area contributed by atoms with Gasteiger partial charge in [-0.25, -0.2) is 8.42 Å². The van der Waals surface area contributed by atoms with Crippen LogP contribution in [0.3, 0.4) is 0 Å². The molecule has 0 atom stereocenters. The maximum atomic E-state index is 12.4. The Morgan fingerprint density at radius 2 is 1.90 bits per heavy atom. The second-order valence-corrected chi connectivity index (χ2v) is 7.25. The number of anilines is 2. The molecular weight excluding hydrogens is 331 g/mol. The number of fused-ring (bicyclic) bond motifs is 1. The lowest BCUT2D eigenvalue weighted by atomic mass is 10.2. The van der Waals surface area contributed by atoms with E-state index in [1.54, 1.807) is 24.3 Å². The van der Waals surface area contributed by atoms with E-state index in [0.717, 1.165) is 24.2 Å². The third-order valence-corrected chi connectivity index (χ3v) is 5.18. The molecule has 0 unspecified atom stereocenters. The van der Waals surface area contributed by atoms with Crippen molar-refractivity contribution in [2.75, 3.05) is 16.6 Å². The van der Waals surface area contributed by atoms with E-state index in [1.807, 2.05) is 0 Å². The molecule has 7 heteroatoms. The van der Waals surface area contributed by atoms with E-state index in [1.165, 1.54) is 12.1 Å². The molecule has 0 radical (unpaired) electrons. The lowest BCUT2D eigenvalue weighted by Gasteiger charge is -2.11. The Morgan fingerprint density at radius 1 is 1.10 bits per heavy atom. The molecule has 0 amide bonds.